The molecule has 2 aromatic rings. The van der Waals surface area contributed by atoms with Gasteiger partial charge in [-0.25, -0.2) is 4.39 Å². The fraction of sp³-hybridized carbons (Fsp3) is 0.316. The summed E-state index contributed by atoms with van der Waals surface area (Å²) < 4.78 is 20.3. The molecular weight excluding hydrogens is 357 g/mol. The van der Waals surface area contributed by atoms with Gasteiger partial charge in [0, 0.05) is 37.3 Å². The quantitative estimate of drug-likeness (QED) is 0.804. The van der Waals surface area contributed by atoms with Gasteiger partial charge >= 0.3 is 0 Å². The van der Waals surface area contributed by atoms with Gasteiger partial charge in [-0.1, -0.05) is 17.7 Å². The molecule has 1 saturated heterocycles. The van der Waals surface area contributed by atoms with Crippen molar-refractivity contribution < 1.29 is 14.2 Å². The summed E-state index contributed by atoms with van der Waals surface area (Å²) in [6.45, 7) is 3.51. The van der Waals surface area contributed by atoms with Gasteiger partial charge in [-0.3, -0.25) is 4.90 Å². The molecule has 4 rings (SSSR count). The first-order valence-corrected chi connectivity index (χ1v) is 8.79. The molecule has 134 valence electrons. The van der Waals surface area contributed by atoms with E-state index < -0.39 is 5.82 Å². The largest absolute Gasteiger partial charge is 0.507 e. The number of ether oxygens (including phenoxy) is 1. The van der Waals surface area contributed by atoms with Crippen molar-refractivity contribution in [2.75, 3.05) is 26.2 Å². The summed E-state index contributed by atoms with van der Waals surface area (Å²) in [7, 11) is 0. The predicted molar refractivity (Wildman–Crippen MR) is 95.8 cm³/mol. The van der Waals surface area contributed by atoms with Gasteiger partial charge in [0.25, 0.3) is 0 Å². The Hall–Kier alpha value is -2.33. The van der Waals surface area contributed by atoms with Crippen molar-refractivity contribution >= 4 is 11.6 Å². The van der Waals surface area contributed by atoms with Crippen molar-refractivity contribution in [3.05, 3.63) is 46.2 Å². The van der Waals surface area contributed by atoms with Crippen LogP contribution in [-0.4, -0.2) is 42.3 Å². The molecule has 0 amide bonds. The molecule has 2 N–H and O–H groups in total. The van der Waals surface area contributed by atoms with E-state index in [0.29, 0.717) is 30.0 Å². The number of piperazine rings is 1. The maximum Gasteiger partial charge on any atom is 0.144 e. The lowest BCUT2D eigenvalue weighted by atomic mass is 9.97. The monoisotopic (exact) mass is 373 g/mol. The van der Waals surface area contributed by atoms with Crippen molar-refractivity contribution in [1.82, 2.24) is 10.2 Å². The Labute approximate surface area is 155 Å². The number of nitrogens with one attached hydrogen (secondary N) is 1. The summed E-state index contributed by atoms with van der Waals surface area (Å²) in [5.41, 5.74) is 1.32. The fourth-order valence-corrected chi connectivity index (χ4v) is 3.92. The molecule has 2 heterocycles. The summed E-state index contributed by atoms with van der Waals surface area (Å²) in [6.07, 6.45) is 0. The highest BCUT2D eigenvalue weighted by Gasteiger charge is 2.31. The number of rotatable bonds is 1. The summed E-state index contributed by atoms with van der Waals surface area (Å²) in [5, 5.41) is 23.3. The van der Waals surface area contributed by atoms with Crippen molar-refractivity contribution in [1.29, 1.82) is 5.26 Å². The van der Waals surface area contributed by atoms with Crippen molar-refractivity contribution in [3.63, 3.8) is 0 Å². The molecule has 0 aromatic heterocycles. The highest BCUT2D eigenvalue weighted by molar-refractivity contribution is 6.35. The zero-order chi connectivity index (χ0) is 18.3. The van der Waals surface area contributed by atoms with E-state index in [1.165, 1.54) is 24.3 Å². The number of hydrogen-bond donors (Lipinski definition) is 2. The first kappa shape index (κ1) is 17.1. The molecule has 0 aliphatic carbocycles. The molecule has 5 nitrogen and oxygen atoms in total. The molecule has 2 aliphatic heterocycles. The van der Waals surface area contributed by atoms with Crippen LogP contribution >= 0.6 is 11.6 Å². The van der Waals surface area contributed by atoms with Crippen molar-refractivity contribution in [2.45, 2.75) is 12.6 Å². The van der Waals surface area contributed by atoms with Crippen molar-refractivity contribution in [2.24, 2.45) is 0 Å². The van der Waals surface area contributed by atoms with Crippen LogP contribution in [0.5, 0.6) is 11.5 Å². The lowest BCUT2D eigenvalue weighted by molar-refractivity contribution is 0.120. The van der Waals surface area contributed by atoms with Gasteiger partial charge in [0.2, 0.25) is 0 Å². The second kappa shape index (κ2) is 6.76. The molecule has 0 radical (unpaired) electrons. The first-order chi connectivity index (χ1) is 12.6. The van der Waals surface area contributed by atoms with Crippen LogP contribution in [0.4, 0.5) is 4.39 Å². The Morgan fingerprint density at radius 2 is 2.27 bits per heavy atom. The van der Waals surface area contributed by atoms with Crippen molar-refractivity contribution in [3.8, 4) is 28.7 Å². The van der Waals surface area contributed by atoms with Gasteiger partial charge in [0.1, 0.15) is 23.9 Å². The van der Waals surface area contributed by atoms with Crippen LogP contribution in [0.2, 0.25) is 5.02 Å². The van der Waals surface area contributed by atoms with Crippen LogP contribution in [0, 0.1) is 17.1 Å². The zero-order valence-corrected chi connectivity index (χ0v) is 14.7. The minimum absolute atomic E-state index is 0.0240. The number of halogens is 2. The van der Waals surface area contributed by atoms with E-state index >= 15 is 0 Å². The number of hydrogen-bond acceptors (Lipinski definition) is 5. The molecule has 2 aromatic carbocycles. The van der Waals surface area contributed by atoms with E-state index in [4.69, 9.17) is 16.3 Å². The molecule has 2 aliphatic rings. The molecule has 26 heavy (non-hydrogen) atoms. The zero-order valence-electron chi connectivity index (χ0n) is 13.9. The third-order valence-corrected chi connectivity index (χ3v) is 5.33. The molecule has 1 fully saturated rings. The molecule has 0 saturated carbocycles. The Morgan fingerprint density at radius 1 is 1.42 bits per heavy atom. The number of fused-ring (bicyclic) bond motifs is 2. The fourth-order valence-electron chi connectivity index (χ4n) is 3.60. The number of nitriles is 1. The van der Waals surface area contributed by atoms with E-state index in [0.717, 1.165) is 19.6 Å². The van der Waals surface area contributed by atoms with E-state index in [9.17, 15) is 14.8 Å². The van der Waals surface area contributed by atoms with Crippen LogP contribution in [-0.2, 0) is 6.54 Å². The second-order valence-corrected chi connectivity index (χ2v) is 6.86. The highest BCUT2D eigenvalue weighted by Crippen LogP contribution is 2.45. The van der Waals surface area contributed by atoms with E-state index in [-0.39, 0.29) is 27.9 Å². The van der Waals surface area contributed by atoms with E-state index in [1.54, 1.807) is 0 Å². The van der Waals surface area contributed by atoms with Gasteiger partial charge in [-0.15, -0.1) is 0 Å². The van der Waals surface area contributed by atoms with E-state index in [1.807, 2.05) is 0 Å². The van der Waals surface area contributed by atoms with Gasteiger partial charge in [-0.2, -0.15) is 5.26 Å². The Bertz CT molecular complexity index is 892. The molecule has 1 atom stereocenters. The van der Waals surface area contributed by atoms with Crippen LogP contribution in [0.15, 0.2) is 24.3 Å². The SMILES string of the molecule is N#Cc1cc(-c2c(O)cccc2F)c(Cl)c2c1CN1CCNC[C@@H]1CO2. The Kier molecular flexibility index (Phi) is 4.45. The summed E-state index contributed by atoms with van der Waals surface area (Å²) in [4.78, 5) is 2.26. The maximum atomic E-state index is 14.3. The van der Waals surface area contributed by atoms with Gasteiger partial charge in [0.15, 0.2) is 0 Å². The Balaban J connectivity index is 1.89. The number of phenols is 1. The van der Waals surface area contributed by atoms with E-state index in [2.05, 4.69) is 16.3 Å². The van der Waals surface area contributed by atoms with Gasteiger partial charge in [0.05, 0.1) is 28.3 Å². The predicted octanol–water partition coefficient (Wildman–Crippen LogP) is 2.89. The lowest BCUT2D eigenvalue weighted by Crippen LogP contribution is -2.52. The molecule has 7 heteroatoms. The number of aromatic hydroxyl groups is 1. The maximum absolute atomic E-state index is 14.3. The average molecular weight is 374 g/mol. The topological polar surface area (TPSA) is 68.5 Å². The lowest BCUT2D eigenvalue weighted by Gasteiger charge is -2.33. The van der Waals surface area contributed by atoms with Crippen LogP contribution in [0.1, 0.15) is 11.1 Å². The normalized spacial score (nSPS) is 19.7. The average Bonchev–Trinajstić information content (AvgIpc) is 2.83. The van der Waals surface area contributed by atoms with Crippen LogP contribution in [0.3, 0.4) is 0 Å². The summed E-state index contributed by atoms with van der Waals surface area (Å²) in [6, 6.07) is 7.94. The summed E-state index contributed by atoms with van der Waals surface area (Å²) >= 11 is 6.56. The number of benzene rings is 2. The second-order valence-electron chi connectivity index (χ2n) is 6.48. The van der Waals surface area contributed by atoms with Crippen LogP contribution in [0.25, 0.3) is 11.1 Å². The standard InChI is InChI=1S/C19H17ClFN3O2/c20-18-13(17-15(21)2-1-3-16(17)25)6-11(7-22)14-9-24-5-4-23-8-12(24)10-26-19(14)18/h1-3,6,12,23,25H,4-5,8-10H2/t12-/m1/s1. The Morgan fingerprint density at radius 3 is 3.04 bits per heavy atom. The smallest absolute Gasteiger partial charge is 0.144 e. The minimum Gasteiger partial charge on any atom is -0.507 e. The molecular formula is C19H17ClFN3O2. The first-order valence-electron chi connectivity index (χ1n) is 8.41. The highest BCUT2D eigenvalue weighted by atomic mass is 35.5. The molecule has 0 spiro atoms. The number of nitrogens with zero attached hydrogens (tertiary/aromatic N) is 2. The van der Waals surface area contributed by atoms with Gasteiger partial charge < -0.3 is 15.2 Å². The molecule has 0 unspecified atom stereocenters. The third-order valence-electron chi connectivity index (χ3n) is 4.96. The van der Waals surface area contributed by atoms with Gasteiger partial charge in [-0.05, 0) is 18.2 Å². The third kappa shape index (κ3) is 2.78. The summed E-state index contributed by atoms with van der Waals surface area (Å²) in [5.74, 6) is -0.435. The number of phenolic OH excluding ortho intramolecular Hbond substituents is 1. The molecule has 0 bridgehead atoms. The minimum atomic E-state index is -0.606. The van der Waals surface area contributed by atoms with Crippen LogP contribution < -0.4 is 10.1 Å².